The van der Waals surface area contributed by atoms with Crippen LogP contribution >= 0.6 is 0 Å². The molecule has 1 aromatic carbocycles. The lowest BCUT2D eigenvalue weighted by Gasteiger charge is -2.34. The molecule has 1 fully saturated rings. The molecule has 1 saturated heterocycles. The van der Waals surface area contributed by atoms with Gasteiger partial charge in [0, 0.05) is 25.0 Å². The molecule has 3 rings (SSSR count). The van der Waals surface area contributed by atoms with Gasteiger partial charge in [-0.25, -0.2) is 0 Å². The fourth-order valence-electron chi connectivity index (χ4n) is 4.07. The Hall–Kier alpha value is -2.14. The van der Waals surface area contributed by atoms with Crippen LogP contribution in [0.3, 0.4) is 0 Å². The lowest BCUT2D eigenvalue weighted by atomic mass is 9.90. The van der Waals surface area contributed by atoms with Crippen LogP contribution in [0.25, 0.3) is 0 Å². The van der Waals surface area contributed by atoms with E-state index in [1.54, 1.807) is 6.20 Å². The van der Waals surface area contributed by atoms with Gasteiger partial charge in [0.15, 0.2) is 0 Å². The smallest absolute Gasteiger partial charge is 0.244 e. The minimum absolute atomic E-state index is 0.0510. The van der Waals surface area contributed by atoms with Crippen LogP contribution in [-0.4, -0.2) is 34.1 Å². The van der Waals surface area contributed by atoms with E-state index < -0.39 is 6.04 Å². The number of piperidine rings is 1. The Labute approximate surface area is 149 Å². The number of nitrogens with zero attached hydrogens (tertiary/aromatic N) is 2. The molecule has 1 aliphatic heterocycles. The zero-order valence-corrected chi connectivity index (χ0v) is 15.4. The van der Waals surface area contributed by atoms with Crippen molar-refractivity contribution in [2.75, 3.05) is 13.1 Å². The highest BCUT2D eigenvalue weighted by atomic mass is 16.2. The molecule has 5 heteroatoms. The maximum Gasteiger partial charge on any atom is 0.244 e. The number of carbonyl (C=O) groups excluding carboxylic acids is 1. The highest BCUT2D eigenvalue weighted by molar-refractivity contribution is 5.84. The molecule has 2 aromatic rings. The van der Waals surface area contributed by atoms with E-state index in [9.17, 15) is 4.79 Å². The normalized spacial score (nSPS) is 16.9. The maximum absolute atomic E-state index is 12.9. The van der Waals surface area contributed by atoms with Gasteiger partial charge in [-0.2, -0.15) is 5.10 Å². The lowest BCUT2D eigenvalue weighted by Crippen LogP contribution is -2.44. The van der Waals surface area contributed by atoms with Crippen molar-refractivity contribution in [3.8, 4) is 0 Å². The number of hydrogen-bond acceptors (Lipinski definition) is 3. The number of nitrogens with two attached hydrogens (primary N) is 1. The number of H-pyrrole nitrogens is 1. The number of likely N-dealkylation sites (tertiary alicyclic amines) is 1. The fraction of sp³-hybridized carbons (Fsp3) is 0.500. The number of amides is 1. The van der Waals surface area contributed by atoms with Gasteiger partial charge in [0.05, 0.1) is 0 Å². The zero-order valence-electron chi connectivity index (χ0n) is 15.4. The summed E-state index contributed by atoms with van der Waals surface area (Å²) in [5.74, 6) is 0.651. The Balaban J connectivity index is 1.62. The van der Waals surface area contributed by atoms with Gasteiger partial charge >= 0.3 is 0 Å². The van der Waals surface area contributed by atoms with Gasteiger partial charge in [-0.3, -0.25) is 9.89 Å². The summed E-state index contributed by atoms with van der Waals surface area (Å²) in [7, 11) is 0. The van der Waals surface area contributed by atoms with Crippen LogP contribution in [0.2, 0.25) is 0 Å². The van der Waals surface area contributed by atoms with Gasteiger partial charge < -0.3 is 10.6 Å². The monoisotopic (exact) mass is 340 g/mol. The molecule has 0 spiro atoms. The van der Waals surface area contributed by atoms with E-state index in [4.69, 9.17) is 5.73 Å². The molecule has 1 aliphatic rings. The van der Waals surface area contributed by atoms with Gasteiger partial charge in [-0.1, -0.05) is 17.7 Å². The summed E-state index contributed by atoms with van der Waals surface area (Å²) in [5.41, 5.74) is 11.9. The van der Waals surface area contributed by atoms with E-state index in [0.717, 1.165) is 49.0 Å². The van der Waals surface area contributed by atoms with Gasteiger partial charge in [0.1, 0.15) is 6.04 Å². The van der Waals surface area contributed by atoms with Gasteiger partial charge in [0.25, 0.3) is 0 Å². The third-order valence-corrected chi connectivity index (χ3v) is 5.31. The number of hydrogen-bond donors (Lipinski definition) is 2. The lowest BCUT2D eigenvalue weighted by molar-refractivity contribution is -0.134. The Morgan fingerprint density at radius 3 is 2.48 bits per heavy atom. The number of aryl methyl sites for hydroxylation is 3. The largest absolute Gasteiger partial charge is 0.341 e. The van der Waals surface area contributed by atoms with Gasteiger partial charge in [0.2, 0.25) is 5.91 Å². The average molecular weight is 340 g/mol. The Kier molecular flexibility index (Phi) is 5.23. The van der Waals surface area contributed by atoms with Crippen molar-refractivity contribution < 1.29 is 4.79 Å². The van der Waals surface area contributed by atoms with Crippen LogP contribution in [0.15, 0.2) is 24.4 Å². The molecular formula is C20H28N4O. The molecule has 134 valence electrons. The molecule has 0 aliphatic carbocycles. The Morgan fingerprint density at radius 1 is 1.28 bits per heavy atom. The summed E-state index contributed by atoms with van der Waals surface area (Å²) in [6.07, 6.45) is 4.83. The van der Waals surface area contributed by atoms with Crippen LogP contribution in [-0.2, 0) is 11.2 Å². The van der Waals surface area contributed by atoms with E-state index in [-0.39, 0.29) is 5.91 Å². The number of aromatic nitrogens is 2. The summed E-state index contributed by atoms with van der Waals surface area (Å²) in [6, 6.07) is 5.67. The third-order valence-electron chi connectivity index (χ3n) is 5.31. The van der Waals surface area contributed by atoms with Crippen LogP contribution in [0.5, 0.6) is 0 Å². The van der Waals surface area contributed by atoms with Gasteiger partial charge in [-0.15, -0.1) is 0 Å². The molecule has 1 amide bonds. The van der Waals surface area contributed by atoms with Crippen molar-refractivity contribution in [2.45, 2.75) is 46.1 Å². The first-order valence-electron chi connectivity index (χ1n) is 9.06. The molecule has 3 N–H and O–H groups in total. The minimum atomic E-state index is -0.565. The van der Waals surface area contributed by atoms with Crippen molar-refractivity contribution in [1.82, 2.24) is 15.1 Å². The summed E-state index contributed by atoms with van der Waals surface area (Å²) < 4.78 is 0. The summed E-state index contributed by atoms with van der Waals surface area (Å²) in [4.78, 5) is 14.8. The SMILES string of the molecule is Cc1cc(C)c(C(N)C(=O)N2CCC(Cc3ccn[nH]3)CC2)c(C)c1. The number of benzene rings is 1. The van der Waals surface area contributed by atoms with Crippen LogP contribution in [0.1, 0.15) is 46.8 Å². The minimum Gasteiger partial charge on any atom is -0.341 e. The molecule has 1 aromatic heterocycles. The van der Waals surface area contributed by atoms with Gasteiger partial charge in [-0.05, 0) is 68.7 Å². The second kappa shape index (κ2) is 7.40. The number of rotatable bonds is 4. The molecule has 1 atom stereocenters. The molecular weight excluding hydrogens is 312 g/mol. The molecule has 0 bridgehead atoms. The number of carbonyl (C=O) groups is 1. The summed E-state index contributed by atoms with van der Waals surface area (Å²) in [5, 5.41) is 7.03. The highest BCUT2D eigenvalue weighted by Crippen LogP contribution is 2.26. The second-order valence-electron chi connectivity index (χ2n) is 7.34. The van der Waals surface area contributed by atoms with E-state index in [2.05, 4.69) is 29.3 Å². The Bertz CT molecular complexity index is 707. The van der Waals surface area contributed by atoms with E-state index >= 15 is 0 Å². The molecule has 1 unspecified atom stereocenters. The van der Waals surface area contributed by atoms with E-state index in [1.165, 1.54) is 11.3 Å². The molecule has 25 heavy (non-hydrogen) atoms. The van der Waals surface area contributed by atoms with Crippen molar-refractivity contribution in [1.29, 1.82) is 0 Å². The first-order chi connectivity index (χ1) is 12.0. The number of nitrogens with one attached hydrogen (secondary N) is 1. The second-order valence-corrected chi connectivity index (χ2v) is 7.34. The van der Waals surface area contributed by atoms with E-state index in [1.807, 2.05) is 24.8 Å². The van der Waals surface area contributed by atoms with Crippen molar-refractivity contribution in [3.63, 3.8) is 0 Å². The average Bonchev–Trinajstić information content (AvgIpc) is 3.07. The molecule has 2 heterocycles. The van der Waals surface area contributed by atoms with Crippen molar-refractivity contribution in [2.24, 2.45) is 11.7 Å². The van der Waals surface area contributed by atoms with Crippen molar-refractivity contribution in [3.05, 3.63) is 52.3 Å². The standard InChI is InChI=1S/C20H28N4O/c1-13-10-14(2)18(15(3)11-13)19(21)20(25)24-8-5-16(6-9-24)12-17-4-7-22-23-17/h4,7,10-11,16,19H,5-6,8-9,12,21H2,1-3H3,(H,22,23). The maximum atomic E-state index is 12.9. The van der Waals surface area contributed by atoms with Crippen LogP contribution in [0, 0.1) is 26.7 Å². The fourth-order valence-corrected chi connectivity index (χ4v) is 4.07. The quantitative estimate of drug-likeness (QED) is 0.899. The zero-order chi connectivity index (χ0) is 18.0. The molecule has 0 saturated carbocycles. The highest BCUT2D eigenvalue weighted by Gasteiger charge is 2.28. The predicted molar refractivity (Wildman–Crippen MR) is 99.2 cm³/mol. The summed E-state index contributed by atoms with van der Waals surface area (Å²) >= 11 is 0. The predicted octanol–water partition coefficient (Wildman–Crippen LogP) is 2.82. The Morgan fingerprint density at radius 2 is 1.92 bits per heavy atom. The summed E-state index contributed by atoms with van der Waals surface area (Å²) in [6.45, 7) is 7.73. The van der Waals surface area contributed by atoms with Crippen LogP contribution in [0.4, 0.5) is 0 Å². The molecule has 5 nitrogen and oxygen atoms in total. The first kappa shape index (κ1) is 17.7. The van der Waals surface area contributed by atoms with Crippen LogP contribution < -0.4 is 5.73 Å². The van der Waals surface area contributed by atoms with Crippen molar-refractivity contribution >= 4 is 5.91 Å². The molecule has 0 radical (unpaired) electrons. The topological polar surface area (TPSA) is 75.0 Å². The third kappa shape index (κ3) is 3.93. The first-order valence-corrected chi connectivity index (χ1v) is 9.06. The van der Waals surface area contributed by atoms with E-state index in [0.29, 0.717) is 5.92 Å². The number of aromatic amines is 1.